The average molecular weight is 530 g/mol. The number of ether oxygens (including phenoxy) is 3. The minimum Gasteiger partial charge on any atom is -0.481 e. The summed E-state index contributed by atoms with van der Waals surface area (Å²) in [5.74, 6) is 0.160. The van der Waals surface area contributed by atoms with Gasteiger partial charge < -0.3 is 24.1 Å². The molecule has 7 nitrogen and oxygen atoms in total. The first-order chi connectivity index (χ1) is 18.0. The van der Waals surface area contributed by atoms with Crippen molar-refractivity contribution in [3.05, 3.63) is 23.8 Å². The zero-order valence-corrected chi connectivity index (χ0v) is 24.1. The van der Waals surface area contributed by atoms with Gasteiger partial charge >= 0.3 is 5.97 Å². The lowest BCUT2D eigenvalue weighted by Crippen LogP contribution is -2.63. The maximum absolute atomic E-state index is 13.6. The number of aldehydes is 1. The van der Waals surface area contributed by atoms with Crippen LogP contribution in [0.3, 0.4) is 0 Å². The molecule has 5 aliphatic rings. The second-order valence-electron chi connectivity index (χ2n) is 13.5. The number of hydrogen-bond donors (Lipinski definition) is 1. The van der Waals surface area contributed by atoms with Crippen molar-refractivity contribution in [1.82, 2.24) is 4.90 Å². The van der Waals surface area contributed by atoms with Crippen LogP contribution in [0.2, 0.25) is 0 Å². The van der Waals surface area contributed by atoms with Gasteiger partial charge in [0.25, 0.3) is 0 Å². The van der Waals surface area contributed by atoms with Crippen LogP contribution in [0.4, 0.5) is 0 Å². The van der Waals surface area contributed by atoms with Gasteiger partial charge in [-0.2, -0.15) is 0 Å². The molecule has 0 amide bonds. The Morgan fingerprint density at radius 3 is 2.63 bits per heavy atom. The second-order valence-corrected chi connectivity index (χ2v) is 13.5. The summed E-state index contributed by atoms with van der Waals surface area (Å²) in [7, 11) is 1.70. The predicted molar refractivity (Wildman–Crippen MR) is 144 cm³/mol. The molecule has 38 heavy (non-hydrogen) atoms. The van der Waals surface area contributed by atoms with Crippen LogP contribution in [-0.4, -0.2) is 74.1 Å². The first kappa shape index (κ1) is 28.0. The topological polar surface area (TPSA) is 85.3 Å². The molecule has 2 unspecified atom stereocenters. The number of carbonyl (C=O) groups excluding carboxylic acids is 1. The monoisotopic (exact) mass is 529 g/mol. The highest BCUT2D eigenvalue weighted by Gasteiger charge is 2.84. The first-order valence-electron chi connectivity index (χ1n) is 14.6. The van der Waals surface area contributed by atoms with Gasteiger partial charge in [0, 0.05) is 32.2 Å². The summed E-state index contributed by atoms with van der Waals surface area (Å²) in [4.78, 5) is 29.1. The Morgan fingerprint density at radius 2 is 2.03 bits per heavy atom. The number of rotatable bonds is 9. The molecule has 0 radical (unpaired) electrons. The van der Waals surface area contributed by atoms with Gasteiger partial charge in [-0.05, 0) is 62.7 Å². The number of carbonyl (C=O) groups is 2. The predicted octanol–water partition coefficient (Wildman–Crippen LogP) is 4.57. The molecule has 0 aromatic carbocycles. The number of nitrogens with zero attached hydrogens (tertiary/aromatic N) is 1. The molecule has 7 heteroatoms. The van der Waals surface area contributed by atoms with Gasteiger partial charge in [-0.1, -0.05) is 51.0 Å². The molecule has 1 saturated heterocycles. The Hall–Kier alpha value is -1.54. The molecule has 4 aliphatic carbocycles. The lowest BCUT2D eigenvalue weighted by Gasteiger charge is -2.58. The fourth-order valence-electron chi connectivity index (χ4n) is 9.80. The van der Waals surface area contributed by atoms with Gasteiger partial charge in [0.05, 0.1) is 24.2 Å². The third-order valence-corrected chi connectivity index (χ3v) is 11.2. The minimum absolute atomic E-state index is 0.0143. The van der Waals surface area contributed by atoms with Crippen molar-refractivity contribution < 1.29 is 28.9 Å². The Balaban J connectivity index is 1.53. The molecule has 0 spiro atoms. The molecule has 10 atom stereocenters. The fraction of sp³-hybridized carbons (Fsp3) is 0.806. The molecule has 5 rings (SSSR count). The average Bonchev–Trinajstić information content (AvgIpc) is 3.37. The summed E-state index contributed by atoms with van der Waals surface area (Å²) in [6.07, 6.45) is 5.91. The second kappa shape index (κ2) is 9.83. The Labute approximate surface area is 227 Å². The number of carboxylic acid groups (broad SMARTS) is 1. The number of allylic oxidation sites excluding steroid dienone is 1. The maximum Gasteiger partial charge on any atom is 0.315 e. The van der Waals surface area contributed by atoms with Gasteiger partial charge in [0.1, 0.15) is 11.7 Å². The number of carboxylic acids is 1. The Kier molecular flexibility index (Phi) is 7.24. The number of methoxy groups -OCH3 is 1. The zero-order valence-electron chi connectivity index (χ0n) is 24.1. The molecule has 1 heterocycles. The smallest absolute Gasteiger partial charge is 0.315 e. The molecule has 1 aliphatic heterocycles. The summed E-state index contributed by atoms with van der Waals surface area (Å²) < 4.78 is 18.8. The number of aliphatic carboxylic acids is 1. The number of hydrogen-bond acceptors (Lipinski definition) is 6. The highest BCUT2D eigenvalue weighted by atomic mass is 16.7. The van der Waals surface area contributed by atoms with Gasteiger partial charge in [0.15, 0.2) is 6.29 Å². The van der Waals surface area contributed by atoms with Crippen molar-refractivity contribution in [3.63, 3.8) is 0 Å². The zero-order chi connectivity index (χ0) is 27.6. The van der Waals surface area contributed by atoms with E-state index in [0.29, 0.717) is 31.3 Å². The SMILES string of the molecule is C=C(C)CN1C[C@H](OCC23C[C@@H]4[C@H](C)CC[C@H]4[C@@]4(C=O)CC2C=C(C(C)C)[C@@]34C(=O)O)O[C@H](C)[C@@H](OC)C1. The summed E-state index contributed by atoms with van der Waals surface area (Å²) >= 11 is 0. The van der Waals surface area contributed by atoms with E-state index in [-0.39, 0.29) is 36.6 Å². The molecule has 1 N–H and O–H groups in total. The van der Waals surface area contributed by atoms with Crippen molar-refractivity contribution in [2.24, 2.45) is 45.8 Å². The van der Waals surface area contributed by atoms with Gasteiger partial charge in [-0.25, -0.2) is 0 Å². The summed E-state index contributed by atoms with van der Waals surface area (Å²) in [6.45, 7) is 16.8. The van der Waals surface area contributed by atoms with Crippen molar-refractivity contribution in [2.75, 3.05) is 33.4 Å². The van der Waals surface area contributed by atoms with Crippen LogP contribution in [0.15, 0.2) is 23.8 Å². The van der Waals surface area contributed by atoms with Crippen molar-refractivity contribution in [2.45, 2.75) is 78.8 Å². The van der Waals surface area contributed by atoms with E-state index in [1.165, 1.54) is 0 Å². The molecule has 4 bridgehead atoms. The summed E-state index contributed by atoms with van der Waals surface area (Å²) in [6, 6.07) is 0. The van der Waals surface area contributed by atoms with Crippen molar-refractivity contribution >= 4 is 12.3 Å². The highest BCUT2D eigenvalue weighted by Crippen LogP contribution is 2.82. The van der Waals surface area contributed by atoms with Gasteiger partial charge in [-0.3, -0.25) is 9.69 Å². The first-order valence-corrected chi connectivity index (χ1v) is 14.6. The van der Waals surface area contributed by atoms with Crippen LogP contribution >= 0.6 is 0 Å². The molecule has 3 saturated carbocycles. The van der Waals surface area contributed by atoms with Crippen LogP contribution in [0.1, 0.15) is 60.3 Å². The number of fused-ring (bicyclic) bond motifs is 2. The molecule has 4 fully saturated rings. The summed E-state index contributed by atoms with van der Waals surface area (Å²) in [5, 5.41) is 11.2. The van der Waals surface area contributed by atoms with E-state index >= 15 is 0 Å². The van der Waals surface area contributed by atoms with Crippen LogP contribution in [0.5, 0.6) is 0 Å². The molecular formula is C31H47NO6. The van der Waals surface area contributed by atoms with E-state index < -0.39 is 28.5 Å². The van der Waals surface area contributed by atoms with Gasteiger partial charge in [0.2, 0.25) is 0 Å². The maximum atomic E-state index is 13.6. The lowest BCUT2D eigenvalue weighted by atomic mass is 9.43. The normalized spacial score (nSPS) is 46.1. The van der Waals surface area contributed by atoms with E-state index in [2.05, 4.69) is 38.3 Å². The molecule has 0 aromatic heterocycles. The molecule has 212 valence electrons. The minimum atomic E-state index is -1.23. The van der Waals surface area contributed by atoms with Crippen molar-refractivity contribution in [3.8, 4) is 0 Å². The highest BCUT2D eigenvalue weighted by molar-refractivity contribution is 5.90. The molecular weight excluding hydrogens is 482 g/mol. The Bertz CT molecular complexity index is 1010. The van der Waals surface area contributed by atoms with Crippen LogP contribution in [0.25, 0.3) is 0 Å². The van der Waals surface area contributed by atoms with Crippen LogP contribution in [0, 0.1) is 45.8 Å². The fourth-order valence-corrected chi connectivity index (χ4v) is 9.80. The van der Waals surface area contributed by atoms with Crippen LogP contribution < -0.4 is 0 Å². The molecule has 0 aromatic rings. The lowest BCUT2D eigenvalue weighted by molar-refractivity contribution is -0.219. The summed E-state index contributed by atoms with van der Waals surface area (Å²) in [5.41, 5.74) is -0.763. The van der Waals surface area contributed by atoms with E-state index in [0.717, 1.165) is 43.2 Å². The third kappa shape index (κ3) is 3.68. The quantitative estimate of drug-likeness (QED) is 0.346. The van der Waals surface area contributed by atoms with E-state index in [1.807, 2.05) is 13.8 Å². The Morgan fingerprint density at radius 1 is 1.29 bits per heavy atom. The van der Waals surface area contributed by atoms with E-state index in [4.69, 9.17) is 14.2 Å². The van der Waals surface area contributed by atoms with E-state index in [1.54, 1.807) is 7.11 Å². The van der Waals surface area contributed by atoms with E-state index in [9.17, 15) is 14.7 Å². The van der Waals surface area contributed by atoms with Crippen LogP contribution in [-0.2, 0) is 23.8 Å². The van der Waals surface area contributed by atoms with Crippen molar-refractivity contribution in [1.29, 1.82) is 0 Å². The largest absolute Gasteiger partial charge is 0.481 e. The standard InChI is InChI=1S/C31H47NO6/c1-18(2)13-32-14-26(36-7)21(6)38-27(15-32)37-17-30-12-23-20(5)8-9-24(23)29(16-33)11-22(30)10-25(19(3)4)31(29,30)28(34)35/h10,16,19-24,26-27H,1,8-9,11-15,17H2,2-7H3,(H,34,35)/t20-,21-,22?,23-,24-,26+,27-,29+,30?,31+/m1/s1. The third-order valence-electron chi connectivity index (χ3n) is 11.2. The van der Waals surface area contributed by atoms with Gasteiger partial charge in [-0.15, -0.1) is 0 Å².